The summed E-state index contributed by atoms with van der Waals surface area (Å²) in [5, 5.41) is 0. The lowest BCUT2D eigenvalue weighted by Gasteiger charge is -1.97. The van der Waals surface area contributed by atoms with Gasteiger partial charge in [-0.3, -0.25) is 14.8 Å². The van der Waals surface area contributed by atoms with Crippen LogP contribution in [0.25, 0.3) is 0 Å². The van der Waals surface area contributed by atoms with Crippen LogP contribution < -0.4 is 0 Å². The minimum absolute atomic E-state index is 0.147. The van der Waals surface area contributed by atoms with E-state index in [0.29, 0.717) is 11.4 Å². The maximum Gasteiger partial charge on any atom is 0.229 e. The fourth-order valence-corrected chi connectivity index (χ4v) is 1.13. The quantitative estimate of drug-likeness (QED) is 0.755. The summed E-state index contributed by atoms with van der Waals surface area (Å²) < 4.78 is 0. The highest BCUT2D eigenvalue weighted by atomic mass is 16.1. The molecule has 0 amide bonds. The van der Waals surface area contributed by atoms with E-state index in [1.807, 2.05) is 27.7 Å². The van der Waals surface area contributed by atoms with Crippen molar-refractivity contribution in [2.24, 2.45) is 0 Å². The van der Waals surface area contributed by atoms with Gasteiger partial charge in [0.25, 0.3) is 0 Å². The first kappa shape index (κ1) is 16.0. The second kappa shape index (κ2) is 10.1. The van der Waals surface area contributed by atoms with Gasteiger partial charge in [-0.05, 0) is 24.3 Å². The second-order valence-electron chi connectivity index (χ2n) is 2.76. The van der Waals surface area contributed by atoms with Crippen molar-refractivity contribution in [3.63, 3.8) is 0 Å². The maximum absolute atomic E-state index is 11.7. The Balaban J connectivity index is 0.000000659. The fourth-order valence-electron chi connectivity index (χ4n) is 1.13. The summed E-state index contributed by atoms with van der Waals surface area (Å²) in [6.07, 6.45) is 3.19. The lowest BCUT2D eigenvalue weighted by atomic mass is 10.2. The molecule has 2 rings (SSSR count). The Morgan fingerprint density at radius 3 is 1.44 bits per heavy atom. The first-order chi connectivity index (χ1) is 8.88. The summed E-state index contributed by atoms with van der Waals surface area (Å²) in [5.41, 5.74) is 0.845. The third kappa shape index (κ3) is 4.87. The summed E-state index contributed by atoms with van der Waals surface area (Å²) in [6.45, 7) is 8.00. The van der Waals surface area contributed by atoms with Crippen LogP contribution in [0.15, 0.2) is 48.8 Å². The van der Waals surface area contributed by atoms with Crippen LogP contribution in [0.5, 0.6) is 0 Å². The normalized spacial score (nSPS) is 8.22. The van der Waals surface area contributed by atoms with Gasteiger partial charge in [-0.2, -0.15) is 0 Å². The molecule has 0 N–H and O–H groups in total. The number of nitrogens with zero attached hydrogens (tertiary/aromatic N) is 2. The average molecular weight is 244 g/mol. The molecule has 0 aromatic carbocycles. The van der Waals surface area contributed by atoms with Crippen LogP contribution in [0.3, 0.4) is 0 Å². The number of carbonyl (C=O) groups excluding carboxylic acids is 1. The molecule has 2 heterocycles. The minimum Gasteiger partial charge on any atom is -0.285 e. The van der Waals surface area contributed by atoms with Crippen molar-refractivity contribution in [1.82, 2.24) is 9.97 Å². The molecular formula is C15H20N2O. The van der Waals surface area contributed by atoms with Gasteiger partial charge in [-0.1, -0.05) is 39.8 Å². The molecule has 0 aliphatic carbocycles. The smallest absolute Gasteiger partial charge is 0.229 e. The standard InChI is InChI=1S/C11H8N2O.2C2H6/c14-11(9-5-1-3-7-12-9)10-6-2-4-8-13-10;2*1-2/h1-8H;2*1-2H3. The molecule has 0 fully saturated rings. The highest BCUT2D eigenvalue weighted by molar-refractivity contribution is 6.06. The SMILES string of the molecule is CC.CC.O=C(c1ccccn1)c1ccccn1. The Kier molecular flexibility index (Phi) is 9.00. The Morgan fingerprint density at radius 1 is 0.778 bits per heavy atom. The van der Waals surface area contributed by atoms with Gasteiger partial charge in [-0.15, -0.1) is 0 Å². The van der Waals surface area contributed by atoms with Crippen molar-refractivity contribution in [2.45, 2.75) is 27.7 Å². The summed E-state index contributed by atoms with van der Waals surface area (Å²) in [4.78, 5) is 19.7. The summed E-state index contributed by atoms with van der Waals surface area (Å²) in [6, 6.07) is 10.5. The van der Waals surface area contributed by atoms with Crippen LogP contribution in [-0.2, 0) is 0 Å². The Morgan fingerprint density at radius 2 is 1.17 bits per heavy atom. The molecule has 18 heavy (non-hydrogen) atoms. The van der Waals surface area contributed by atoms with Gasteiger partial charge in [-0.25, -0.2) is 0 Å². The zero-order valence-electron chi connectivity index (χ0n) is 11.4. The predicted molar refractivity (Wildman–Crippen MR) is 74.6 cm³/mol. The van der Waals surface area contributed by atoms with Gasteiger partial charge >= 0.3 is 0 Å². The minimum atomic E-state index is -0.147. The predicted octanol–water partition coefficient (Wildman–Crippen LogP) is 3.76. The Labute approximate surface area is 109 Å². The number of aromatic nitrogens is 2. The van der Waals surface area contributed by atoms with Gasteiger partial charge < -0.3 is 0 Å². The van der Waals surface area contributed by atoms with Crippen LogP contribution in [0.4, 0.5) is 0 Å². The first-order valence-electron chi connectivity index (χ1n) is 6.25. The molecule has 0 saturated carbocycles. The molecule has 0 aliphatic rings. The van der Waals surface area contributed by atoms with Crippen LogP contribution in [-0.4, -0.2) is 15.8 Å². The van der Waals surface area contributed by atoms with E-state index in [4.69, 9.17) is 0 Å². The molecule has 0 saturated heterocycles. The summed E-state index contributed by atoms with van der Waals surface area (Å²) in [7, 11) is 0. The van der Waals surface area contributed by atoms with Gasteiger partial charge in [0.05, 0.1) is 0 Å². The third-order valence-electron chi connectivity index (χ3n) is 1.80. The van der Waals surface area contributed by atoms with E-state index in [1.54, 1.807) is 48.8 Å². The molecule has 0 atom stereocenters. The van der Waals surface area contributed by atoms with Crippen LogP contribution in [0, 0.1) is 0 Å². The van der Waals surface area contributed by atoms with Crippen molar-refractivity contribution in [3.8, 4) is 0 Å². The summed E-state index contributed by atoms with van der Waals surface area (Å²) >= 11 is 0. The third-order valence-corrected chi connectivity index (χ3v) is 1.80. The number of hydrogen-bond donors (Lipinski definition) is 0. The molecular weight excluding hydrogens is 224 g/mol. The second-order valence-corrected chi connectivity index (χ2v) is 2.76. The lowest BCUT2D eigenvalue weighted by Crippen LogP contribution is -2.05. The highest BCUT2D eigenvalue weighted by Crippen LogP contribution is 2.03. The van der Waals surface area contributed by atoms with E-state index >= 15 is 0 Å². The number of carbonyl (C=O) groups is 1. The van der Waals surface area contributed by atoms with Gasteiger partial charge in [0.1, 0.15) is 11.4 Å². The number of pyridine rings is 2. The molecule has 3 heteroatoms. The van der Waals surface area contributed by atoms with E-state index < -0.39 is 0 Å². The van der Waals surface area contributed by atoms with E-state index in [2.05, 4.69) is 9.97 Å². The van der Waals surface area contributed by atoms with Crippen molar-refractivity contribution >= 4 is 5.78 Å². The Bertz CT molecular complexity index is 385. The van der Waals surface area contributed by atoms with Crippen molar-refractivity contribution in [1.29, 1.82) is 0 Å². The van der Waals surface area contributed by atoms with Crippen LogP contribution in [0.2, 0.25) is 0 Å². The van der Waals surface area contributed by atoms with Crippen LogP contribution >= 0.6 is 0 Å². The van der Waals surface area contributed by atoms with E-state index in [1.165, 1.54) is 0 Å². The molecule has 0 bridgehead atoms. The van der Waals surface area contributed by atoms with Gasteiger partial charge in [0.15, 0.2) is 0 Å². The highest BCUT2D eigenvalue weighted by Gasteiger charge is 2.09. The largest absolute Gasteiger partial charge is 0.285 e. The number of ketones is 1. The molecule has 0 radical (unpaired) electrons. The summed E-state index contributed by atoms with van der Waals surface area (Å²) in [5.74, 6) is -0.147. The van der Waals surface area contributed by atoms with E-state index in [-0.39, 0.29) is 5.78 Å². The average Bonchev–Trinajstić information content (AvgIpc) is 2.52. The van der Waals surface area contributed by atoms with Crippen LogP contribution in [0.1, 0.15) is 43.9 Å². The van der Waals surface area contributed by atoms with E-state index in [0.717, 1.165) is 0 Å². The lowest BCUT2D eigenvalue weighted by molar-refractivity contribution is 0.103. The van der Waals surface area contributed by atoms with Crippen molar-refractivity contribution < 1.29 is 4.79 Å². The number of hydrogen-bond acceptors (Lipinski definition) is 3. The maximum atomic E-state index is 11.7. The molecule has 2 aromatic rings. The van der Waals surface area contributed by atoms with Gasteiger partial charge in [0.2, 0.25) is 5.78 Å². The number of rotatable bonds is 2. The first-order valence-corrected chi connectivity index (χ1v) is 6.25. The monoisotopic (exact) mass is 244 g/mol. The molecule has 3 nitrogen and oxygen atoms in total. The fraction of sp³-hybridized carbons (Fsp3) is 0.267. The molecule has 0 unspecified atom stereocenters. The van der Waals surface area contributed by atoms with Crippen molar-refractivity contribution in [3.05, 3.63) is 60.2 Å². The molecule has 0 aliphatic heterocycles. The topological polar surface area (TPSA) is 42.9 Å². The molecule has 96 valence electrons. The van der Waals surface area contributed by atoms with Gasteiger partial charge in [0, 0.05) is 12.4 Å². The zero-order valence-corrected chi connectivity index (χ0v) is 11.4. The molecule has 0 spiro atoms. The molecule has 2 aromatic heterocycles. The zero-order chi connectivity index (χ0) is 13.8. The Hall–Kier alpha value is -2.03. The van der Waals surface area contributed by atoms with E-state index in [9.17, 15) is 4.79 Å². The van der Waals surface area contributed by atoms with Crippen molar-refractivity contribution in [2.75, 3.05) is 0 Å².